The summed E-state index contributed by atoms with van der Waals surface area (Å²) in [7, 11) is 0. The minimum Gasteiger partial charge on any atom is -0.467 e. The lowest BCUT2D eigenvalue weighted by Gasteiger charge is -2.21. The Balaban J connectivity index is 1.93. The second kappa shape index (κ2) is 8.48. The Bertz CT molecular complexity index is 1300. The highest BCUT2D eigenvalue weighted by molar-refractivity contribution is 6.08. The van der Waals surface area contributed by atoms with E-state index in [1.54, 1.807) is 6.26 Å². The van der Waals surface area contributed by atoms with E-state index in [1.807, 2.05) is 86.0 Å². The van der Waals surface area contributed by atoms with Crippen molar-refractivity contribution < 1.29 is 9.21 Å². The molecule has 0 saturated heterocycles. The van der Waals surface area contributed by atoms with Gasteiger partial charge in [-0.3, -0.25) is 9.59 Å². The van der Waals surface area contributed by atoms with Gasteiger partial charge in [-0.05, 0) is 50.1 Å². The van der Waals surface area contributed by atoms with E-state index in [1.165, 1.54) is 6.07 Å². The van der Waals surface area contributed by atoms with Crippen LogP contribution in [-0.4, -0.2) is 10.5 Å². The summed E-state index contributed by atoms with van der Waals surface area (Å²) in [6, 6.07) is 20.5. The fourth-order valence-electron chi connectivity index (χ4n) is 3.77. The van der Waals surface area contributed by atoms with Crippen molar-refractivity contribution >= 4 is 11.6 Å². The molecule has 5 nitrogen and oxygen atoms in total. The average molecular weight is 412 g/mol. The molecule has 0 aliphatic rings. The van der Waals surface area contributed by atoms with Gasteiger partial charge in [0.15, 0.2) is 5.43 Å². The zero-order valence-electron chi connectivity index (χ0n) is 17.8. The molecule has 1 amide bonds. The molecule has 0 unspecified atom stereocenters. The third-order valence-corrected chi connectivity index (χ3v) is 5.43. The summed E-state index contributed by atoms with van der Waals surface area (Å²) >= 11 is 0. The number of furan rings is 1. The van der Waals surface area contributed by atoms with Gasteiger partial charge in [0.05, 0.1) is 18.5 Å². The molecule has 2 aromatic carbocycles. The molecule has 0 atom stereocenters. The van der Waals surface area contributed by atoms with Crippen LogP contribution in [0, 0.1) is 20.8 Å². The van der Waals surface area contributed by atoms with Crippen molar-refractivity contribution in [2.75, 3.05) is 5.32 Å². The Kier molecular flexibility index (Phi) is 5.58. The number of aryl methyl sites for hydroxylation is 3. The molecule has 1 N–H and O–H groups in total. The standard InChI is InChI=1S/C26H24N2O3/c1-17-9-4-6-12-21(17)25-24(26(30)27-22-13-7-5-10-18(22)2)23(29)15-19(3)28(25)16-20-11-8-14-31-20/h4-15H,16H2,1-3H3,(H,27,30). The molecule has 4 aromatic rings. The second-order valence-electron chi connectivity index (χ2n) is 7.62. The van der Waals surface area contributed by atoms with Crippen LogP contribution < -0.4 is 10.7 Å². The predicted molar refractivity (Wildman–Crippen MR) is 123 cm³/mol. The lowest BCUT2D eigenvalue weighted by Crippen LogP contribution is -2.27. The lowest BCUT2D eigenvalue weighted by atomic mass is 9.98. The van der Waals surface area contributed by atoms with E-state index in [2.05, 4.69) is 5.32 Å². The fourth-order valence-corrected chi connectivity index (χ4v) is 3.77. The van der Waals surface area contributed by atoms with Gasteiger partial charge in [0.1, 0.15) is 11.3 Å². The average Bonchev–Trinajstić information content (AvgIpc) is 3.25. The second-order valence-corrected chi connectivity index (χ2v) is 7.62. The van der Waals surface area contributed by atoms with Gasteiger partial charge in [-0.1, -0.05) is 42.5 Å². The van der Waals surface area contributed by atoms with E-state index in [4.69, 9.17) is 4.42 Å². The Morgan fingerprint density at radius 3 is 2.32 bits per heavy atom. The zero-order valence-corrected chi connectivity index (χ0v) is 17.8. The maximum atomic E-state index is 13.4. The number of amides is 1. The highest BCUT2D eigenvalue weighted by Crippen LogP contribution is 2.28. The molecule has 0 saturated carbocycles. The minimum absolute atomic E-state index is 0.120. The summed E-state index contributed by atoms with van der Waals surface area (Å²) in [4.78, 5) is 26.5. The van der Waals surface area contributed by atoms with E-state index >= 15 is 0 Å². The predicted octanol–water partition coefficient (Wildman–Crippen LogP) is 5.33. The molecule has 0 fully saturated rings. The van der Waals surface area contributed by atoms with Gasteiger partial charge in [0, 0.05) is 23.0 Å². The van der Waals surface area contributed by atoms with Crippen molar-refractivity contribution in [3.05, 3.63) is 111 Å². The van der Waals surface area contributed by atoms with Crippen LogP contribution in [0.2, 0.25) is 0 Å². The first-order chi connectivity index (χ1) is 15.0. The summed E-state index contributed by atoms with van der Waals surface area (Å²) in [5, 5.41) is 2.93. The first-order valence-electron chi connectivity index (χ1n) is 10.2. The number of para-hydroxylation sites is 1. The van der Waals surface area contributed by atoms with Gasteiger partial charge in [-0.15, -0.1) is 0 Å². The number of hydrogen-bond donors (Lipinski definition) is 1. The number of aromatic nitrogens is 1. The van der Waals surface area contributed by atoms with E-state index < -0.39 is 5.91 Å². The highest BCUT2D eigenvalue weighted by atomic mass is 16.3. The summed E-state index contributed by atoms with van der Waals surface area (Å²) in [6.07, 6.45) is 1.62. The fraction of sp³-hybridized carbons (Fsp3) is 0.154. The van der Waals surface area contributed by atoms with Crippen molar-refractivity contribution in [1.29, 1.82) is 0 Å². The van der Waals surface area contributed by atoms with Gasteiger partial charge >= 0.3 is 0 Å². The van der Waals surface area contributed by atoms with Gasteiger partial charge in [-0.25, -0.2) is 0 Å². The maximum Gasteiger partial charge on any atom is 0.261 e. The number of anilines is 1. The third kappa shape index (κ3) is 4.08. The molecule has 31 heavy (non-hydrogen) atoms. The maximum absolute atomic E-state index is 13.4. The molecular formula is C26H24N2O3. The SMILES string of the molecule is Cc1ccccc1NC(=O)c1c(-c2ccccc2C)n(Cc2ccco2)c(C)cc1=O. The molecule has 156 valence electrons. The van der Waals surface area contributed by atoms with Crippen LogP contribution in [0.5, 0.6) is 0 Å². The van der Waals surface area contributed by atoms with Gasteiger partial charge in [0.2, 0.25) is 0 Å². The van der Waals surface area contributed by atoms with Crippen LogP contribution in [0.25, 0.3) is 11.3 Å². The molecule has 0 aliphatic heterocycles. The Labute approximate surface area is 181 Å². The third-order valence-electron chi connectivity index (χ3n) is 5.43. The number of hydrogen-bond acceptors (Lipinski definition) is 3. The number of rotatable bonds is 5. The number of nitrogens with zero attached hydrogens (tertiary/aromatic N) is 1. The molecule has 0 radical (unpaired) electrons. The molecule has 0 spiro atoms. The molecule has 0 bridgehead atoms. The normalized spacial score (nSPS) is 10.8. The van der Waals surface area contributed by atoms with E-state index in [0.29, 0.717) is 17.9 Å². The van der Waals surface area contributed by atoms with Gasteiger partial charge < -0.3 is 14.3 Å². The van der Waals surface area contributed by atoms with Crippen molar-refractivity contribution in [3.63, 3.8) is 0 Å². The van der Waals surface area contributed by atoms with Crippen LogP contribution in [0.3, 0.4) is 0 Å². The summed E-state index contributed by atoms with van der Waals surface area (Å²) in [5.74, 6) is 0.317. The van der Waals surface area contributed by atoms with Crippen molar-refractivity contribution in [2.24, 2.45) is 0 Å². The first kappa shape index (κ1) is 20.4. The Morgan fingerprint density at radius 2 is 1.65 bits per heavy atom. The number of nitrogens with one attached hydrogen (secondary N) is 1. The summed E-state index contributed by atoms with van der Waals surface area (Å²) in [5.41, 5.74) is 4.58. The lowest BCUT2D eigenvalue weighted by molar-refractivity contribution is 0.102. The van der Waals surface area contributed by atoms with Crippen LogP contribution in [0.15, 0.2) is 82.2 Å². The number of carbonyl (C=O) groups excluding carboxylic acids is 1. The van der Waals surface area contributed by atoms with Crippen LogP contribution in [-0.2, 0) is 6.54 Å². The molecule has 4 rings (SSSR count). The smallest absolute Gasteiger partial charge is 0.261 e. The highest BCUT2D eigenvalue weighted by Gasteiger charge is 2.23. The Morgan fingerprint density at radius 1 is 0.935 bits per heavy atom. The quantitative estimate of drug-likeness (QED) is 0.482. The van der Waals surface area contributed by atoms with E-state index in [9.17, 15) is 9.59 Å². The zero-order chi connectivity index (χ0) is 22.0. The number of pyridine rings is 1. The topological polar surface area (TPSA) is 64.2 Å². The summed E-state index contributed by atoms with van der Waals surface area (Å²) < 4.78 is 7.52. The van der Waals surface area contributed by atoms with Crippen LogP contribution >= 0.6 is 0 Å². The number of carbonyl (C=O) groups is 1. The van der Waals surface area contributed by atoms with E-state index in [0.717, 1.165) is 28.1 Å². The largest absolute Gasteiger partial charge is 0.467 e. The first-order valence-corrected chi connectivity index (χ1v) is 10.2. The van der Waals surface area contributed by atoms with Crippen molar-refractivity contribution in [2.45, 2.75) is 27.3 Å². The molecule has 2 aromatic heterocycles. The summed E-state index contributed by atoms with van der Waals surface area (Å²) in [6.45, 7) is 6.17. The van der Waals surface area contributed by atoms with Crippen LogP contribution in [0.4, 0.5) is 5.69 Å². The molecule has 5 heteroatoms. The monoisotopic (exact) mass is 412 g/mol. The molecule has 2 heterocycles. The Hall–Kier alpha value is -3.86. The van der Waals surface area contributed by atoms with Gasteiger partial charge in [-0.2, -0.15) is 0 Å². The molecule has 0 aliphatic carbocycles. The van der Waals surface area contributed by atoms with E-state index in [-0.39, 0.29) is 11.0 Å². The van der Waals surface area contributed by atoms with Crippen LogP contribution in [0.1, 0.15) is 32.9 Å². The number of benzene rings is 2. The van der Waals surface area contributed by atoms with Gasteiger partial charge in [0.25, 0.3) is 5.91 Å². The molecular weight excluding hydrogens is 388 g/mol. The minimum atomic E-state index is -0.425. The van der Waals surface area contributed by atoms with Crippen molar-refractivity contribution in [3.8, 4) is 11.3 Å². The van der Waals surface area contributed by atoms with Crippen molar-refractivity contribution in [1.82, 2.24) is 4.57 Å².